The Morgan fingerprint density at radius 2 is 2.10 bits per heavy atom. The molecular weight excluding hydrogens is 315 g/mol. The molecule has 0 amide bonds. The summed E-state index contributed by atoms with van der Waals surface area (Å²) in [6.07, 6.45) is 0. The summed E-state index contributed by atoms with van der Waals surface area (Å²) in [4.78, 5) is -0.110. The number of benzene rings is 1. The van der Waals surface area contributed by atoms with E-state index in [0.717, 1.165) is 10.4 Å². The lowest BCUT2D eigenvalue weighted by atomic mass is 10.2. The lowest BCUT2D eigenvalue weighted by molar-refractivity contribution is 0.491. The first-order valence-corrected chi connectivity index (χ1v) is 8.31. The molecule has 0 unspecified atom stereocenters. The van der Waals surface area contributed by atoms with Crippen molar-refractivity contribution in [2.24, 2.45) is 0 Å². The number of sulfonamides is 1. The summed E-state index contributed by atoms with van der Waals surface area (Å²) < 4.78 is 39.8. The molecule has 0 saturated carbocycles. The predicted octanol–water partition coefficient (Wildman–Crippen LogP) is 2.79. The van der Waals surface area contributed by atoms with Gasteiger partial charge in [0.25, 0.3) is 0 Å². The summed E-state index contributed by atoms with van der Waals surface area (Å²) in [6.45, 7) is 8.45. The second-order valence-electron chi connectivity index (χ2n) is 4.88. The number of nitrogens with zero attached hydrogens (tertiary/aromatic N) is 1. The van der Waals surface area contributed by atoms with Gasteiger partial charge in [-0.05, 0) is 31.2 Å². The maximum absolute atomic E-state index is 13.9. The molecule has 0 atom stereocenters. The first kappa shape index (κ1) is 18.1. The van der Waals surface area contributed by atoms with Crippen LogP contribution in [0.3, 0.4) is 0 Å². The fourth-order valence-corrected chi connectivity index (χ4v) is 3.27. The van der Waals surface area contributed by atoms with Crippen molar-refractivity contribution in [2.45, 2.75) is 25.3 Å². The minimum Gasteiger partial charge on any atom is -0.313 e. The minimum absolute atomic E-state index is 0.0579. The number of nitrogens with one attached hydrogen (secondary N) is 1. The van der Waals surface area contributed by atoms with Crippen LogP contribution in [-0.4, -0.2) is 32.9 Å². The van der Waals surface area contributed by atoms with Gasteiger partial charge in [-0.25, -0.2) is 12.8 Å². The molecule has 0 fully saturated rings. The van der Waals surface area contributed by atoms with Gasteiger partial charge in [0.1, 0.15) is 5.82 Å². The summed E-state index contributed by atoms with van der Waals surface area (Å²) >= 11 is 5.88. The third-order valence-corrected chi connectivity index (χ3v) is 5.05. The number of likely N-dealkylation sites (N-methyl/N-ethyl adjacent to an activating group) is 1. The van der Waals surface area contributed by atoms with Gasteiger partial charge in [0.15, 0.2) is 0 Å². The van der Waals surface area contributed by atoms with Crippen LogP contribution in [0.25, 0.3) is 0 Å². The molecule has 1 N–H and O–H groups in total. The molecule has 0 heterocycles. The van der Waals surface area contributed by atoms with Crippen LogP contribution >= 0.6 is 11.6 Å². The predicted molar refractivity (Wildman–Crippen MR) is 83.4 cm³/mol. The highest BCUT2D eigenvalue weighted by molar-refractivity contribution is 7.89. The molecule has 1 rings (SSSR count). The summed E-state index contributed by atoms with van der Waals surface area (Å²) in [6, 6.07) is 2.35. The Morgan fingerprint density at radius 3 is 2.62 bits per heavy atom. The van der Waals surface area contributed by atoms with E-state index >= 15 is 0 Å². The van der Waals surface area contributed by atoms with Gasteiger partial charge in [0, 0.05) is 20.1 Å². The summed E-state index contributed by atoms with van der Waals surface area (Å²) in [7, 11) is -2.34. The maximum atomic E-state index is 13.9. The number of hydrogen-bond acceptors (Lipinski definition) is 3. The van der Waals surface area contributed by atoms with Crippen molar-refractivity contribution >= 4 is 21.6 Å². The number of hydrogen-bond donors (Lipinski definition) is 1. The molecule has 0 saturated heterocycles. The zero-order valence-electron chi connectivity index (χ0n) is 12.4. The average Bonchev–Trinajstić information content (AvgIpc) is 2.39. The molecule has 0 aliphatic rings. The van der Waals surface area contributed by atoms with E-state index in [2.05, 4.69) is 11.9 Å². The van der Waals surface area contributed by atoms with Crippen LogP contribution in [0.2, 0.25) is 5.02 Å². The van der Waals surface area contributed by atoms with Crippen molar-refractivity contribution in [3.8, 4) is 0 Å². The van der Waals surface area contributed by atoms with Crippen molar-refractivity contribution in [3.63, 3.8) is 0 Å². The summed E-state index contributed by atoms with van der Waals surface area (Å²) in [5.41, 5.74) is 1.12. The SMILES string of the molecule is C=C(C)CN(C)S(=O)(=O)c1cc(F)c(Cl)c(CNCC)c1. The van der Waals surface area contributed by atoms with E-state index in [9.17, 15) is 12.8 Å². The summed E-state index contributed by atoms with van der Waals surface area (Å²) in [5, 5.41) is 2.94. The van der Waals surface area contributed by atoms with Gasteiger partial charge in [-0.3, -0.25) is 0 Å². The van der Waals surface area contributed by atoms with Crippen molar-refractivity contribution < 1.29 is 12.8 Å². The smallest absolute Gasteiger partial charge is 0.243 e. The largest absolute Gasteiger partial charge is 0.313 e. The lowest BCUT2D eigenvalue weighted by Gasteiger charge is -2.18. The number of halogens is 2. The molecule has 0 aromatic heterocycles. The molecule has 21 heavy (non-hydrogen) atoms. The van der Waals surface area contributed by atoms with E-state index < -0.39 is 15.8 Å². The molecule has 0 spiro atoms. The van der Waals surface area contributed by atoms with Crippen LogP contribution in [0.5, 0.6) is 0 Å². The highest BCUT2D eigenvalue weighted by atomic mass is 35.5. The third-order valence-electron chi connectivity index (χ3n) is 2.84. The van der Waals surface area contributed by atoms with E-state index in [4.69, 9.17) is 11.6 Å². The van der Waals surface area contributed by atoms with Gasteiger partial charge in [0.05, 0.1) is 9.92 Å². The Hall–Kier alpha value is -0.950. The molecule has 0 aliphatic carbocycles. The van der Waals surface area contributed by atoms with Gasteiger partial charge in [0.2, 0.25) is 10.0 Å². The highest BCUT2D eigenvalue weighted by Gasteiger charge is 2.23. The number of rotatable bonds is 7. The topological polar surface area (TPSA) is 49.4 Å². The Morgan fingerprint density at radius 1 is 1.48 bits per heavy atom. The molecule has 1 aromatic rings. The second kappa shape index (κ2) is 7.35. The molecule has 1 aromatic carbocycles. The van der Waals surface area contributed by atoms with E-state index in [0.29, 0.717) is 24.2 Å². The van der Waals surface area contributed by atoms with Crippen molar-refractivity contribution in [1.82, 2.24) is 9.62 Å². The molecular formula is C14H20ClFN2O2S. The van der Waals surface area contributed by atoms with Gasteiger partial charge in [-0.15, -0.1) is 0 Å². The summed E-state index contributed by atoms with van der Waals surface area (Å²) in [5.74, 6) is -0.741. The Balaban J connectivity index is 3.23. The molecule has 0 radical (unpaired) electrons. The zero-order chi connectivity index (χ0) is 16.2. The van der Waals surface area contributed by atoms with Gasteiger partial charge in [-0.2, -0.15) is 4.31 Å². The second-order valence-corrected chi connectivity index (χ2v) is 7.30. The quantitative estimate of drug-likeness (QED) is 0.780. The van der Waals surface area contributed by atoms with Crippen LogP contribution in [-0.2, 0) is 16.6 Å². The van der Waals surface area contributed by atoms with Crippen LogP contribution in [0.4, 0.5) is 4.39 Å². The minimum atomic E-state index is -3.77. The lowest BCUT2D eigenvalue weighted by Crippen LogP contribution is -2.28. The third kappa shape index (κ3) is 4.51. The van der Waals surface area contributed by atoms with Gasteiger partial charge >= 0.3 is 0 Å². The van der Waals surface area contributed by atoms with E-state index in [1.807, 2.05) is 6.92 Å². The average molecular weight is 335 g/mol. The highest BCUT2D eigenvalue weighted by Crippen LogP contribution is 2.26. The van der Waals surface area contributed by atoms with Gasteiger partial charge < -0.3 is 5.32 Å². The van der Waals surface area contributed by atoms with Crippen molar-refractivity contribution in [1.29, 1.82) is 0 Å². The van der Waals surface area contributed by atoms with E-state index in [1.165, 1.54) is 13.1 Å². The fourth-order valence-electron chi connectivity index (χ4n) is 1.80. The molecule has 4 nitrogen and oxygen atoms in total. The molecule has 7 heteroatoms. The Kier molecular flexibility index (Phi) is 6.34. The standard InChI is InChI=1S/C14H20ClFN2O2S/c1-5-17-8-11-6-12(7-13(16)14(11)15)21(19,20)18(4)9-10(2)3/h6-7,17H,2,5,8-9H2,1,3-4H3. The van der Waals surface area contributed by atoms with Crippen molar-refractivity contribution in [2.75, 3.05) is 20.1 Å². The molecule has 0 bridgehead atoms. The molecule has 118 valence electrons. The fraction of sp³-hybridized carbons (Fsp3) is 0.429. The maximum Gasteiger partial charge on any atom is 0.243 e. The first-order valence-electron chi connectivity index (χ1n) is 6.49. The van der Waals surface area contributed by atoms with Crippen LogP contribution in [0.15, 0.2) is 29.2 Å². The first-order chi connectivity index (χ1) is 9.70. The van der Waals surface area contributed by atoms with E-state index in [1.54, 1.807) is 6.92 Å². The van der Waals surface area contributed by atoms with Crippen molar-refractivity contribution in [3.05, 3.63) is 40.7 Å². The monoisotopic (exact) mass is 334 g/mol. The Bertz CT molecular complexity index is 632. The normalized spacial score (nSPS) is 11.9. The van der Waals surface area contributed by atoms with Crippen LogP contribution in [0.1, 0.15) is 19.4 Å². The Labute approximate surface area is 130 Å². The van der Waals surface area contributed by atoms with Gasteiger partial charge in [-0.1, -0.05) is 30.7 Å². The zero-order valence-corrected chi connectivity index (χ0v) is 14.0. The van der Waals surface area contributed by atoms with Crippen LogP contribution in [0, 0.1) is 5.82 Å². The molecule has 0 aliphatic heterocycles. The van der Waals surface area contributed by atoms with Crippen LogP contribution < -0.4 is 5.32 Å². The van der Waals surface area contributed by atoms with E-state index in [-0.39, 0.29) is 16.5 Å².